The second-order valence-corrected chi connectivity index (χ2v) is 4.29. The first-order valence-corrected chi connectivity index (χ1v) is 6.62. The van der Waals surface area contributed by atoms with E-state index in [4.69, 9.17) is 0 Å². The van der Waals surface area contributed by atoms with Crippen molar-refractivity contribution in [2.75, 3.05) is 0 Å². The molecule has 2 nitrogen and oxygen atoms in total. The van der Waals surface area contributed by atoms with Crippen LogP contribution in [-0.2, 0) is 4.79 Å². The Balaban J connectivity index is 0. The summed E-state index contributed by atoms with van der Waals surface area (Å²) in [5.74, 6) is -0.958. The molecule has 17 heavy (non-hydrogen) atoms. The average Bonchev–Trinajstić information content (AvgIpc) is 2.25. The largest absolute Gasteiger partial charge is 1.00 e. The smallest absolute Gasteiger partial charge is 0.550 e. The number of hydrogen-bond acceptors (Lipinski definition) is 2. The van der Waals surface area contributed by atoms with Crippen molar-refractivity contribution in [3.8, 4) is 0 Å². The summed E-state index contributed by atoms with van der Waals surface area (Å²) in [5.41, 5.74) is 0. The van der Waals surface area contributed by atoms with Gasteiger partial charge in [-0.3, -0.25) is 0 Å². The number of allylic oxidation sites excluding steroid dienone is 2. The SMILES string of the molecule is CCCCCCCCCC=CCCC(=O)[O-].[Na+]. The Morgan fingerprint density at radius 1 is 0.941 bits per heavy atom. The van der Waals surface area contributed by atoms with Crippen LogP contribution in [0, 0.1) is 0 Å². The molecule has 0 aliphatic heterocycles. The first-order valence-electron chi connectivity index (χ1n) is 6.62. The molecule has 0 aromatic heterocycles. The van der Waals surface area contributed by atoms with Gasteiger partial charge in [-0.15, -0.1) is 0 Å². The maximum atomic E-state index is 10.1. The number of aliphatic carboxylic acids is 1. The Hall–Kier alpha value is 0.210. The summed E-state index contributed by atoms with van der Waals surface area (Å²) >= 11 is 0. The molecule has 0 spiro atoms. The summed E-state index contributed by atoms with van der Waals surface area (Å²) in [4.78, 5) is 10.1. The molecule has 0 aliphatic rings. The van der Waals surface area contributed by atoms with Crippen molar-refractivity contribution in [1.82, 2.24) is 0 Å². The Morgan fingerprint density at radius 2 is 1.47 bits per heavy atom. The van der Waals surface area contributed by atoms with Crippen molar-refractivity contribution < 1.29 is 39.5 Å². The molecule has 0 bridgehead atoms. The van der Waals surface area contributed by atoms with Gasteiger partial charge in [0.05, 0.1) is 0 Å². The van der Waals surface area contributed by atoms with E-state index in [9.17, 15) is 9.90 Å². The van der Waals surface area contributed by atoms with Crippen molar-refractivity contribution in [3.05, 3.63) is 12.2 Å². The third kappa shape index (κ3) is 18.8. The summed E-state index contributed by atoms with van der Waals surface area (Å²) in [5, 5.41) is 10.1. The monoisotopic (exact) mass is 248 g/mol. The Labute approximate surface area is 128 Å². The molecule has 0 unspecified atom stereocenters. The number of hydrogen-bond donors (Lipinski definition) is 0. The summed E-state index contributed by atoms with van der Waals surface area (Å²) in [6.45, 7) is 2.23. The van der Waals surface area contributed by atoms with Crippen LogP contribution in [0.5, 0.6) is 0 Å². The van der Waals surface area contributed by atoms with E-state index >= 15 is 0 Å². The van der Waals surface area contributed by atoms with Crippen LogP contribution in [0.3, 0.4) is 0 Å². The van der Waals surface area contributed by atoms with Gasteiger partial charge < -0.3 is 9.90 Å². The number of unbranched alkanes of at least 4 members (excludes halogenated alkanes) is 7. The van der Waals surface area contributed by atoms with Crippen molar-refractivity contribution in [1.29, 1.82) is 0 Å². The van der Waals surface area contributed by atoms with E-state index in [2.05, 4.69) is 13.0 Å². The minimum absolute atomic E-state index is 0. The van der Waals surface area contributed by atoms with E-state index in [1.165, 1.54) is 44.9 Å². The minimum atomic E-state index is -0.958. The second kappa shape index (κ2) is 16.2. The quantitative estimate of drug-likeness (QED) is 0.298. The summed E-state index contributed by atoms with van der Waals surface area (Å²) < 4.78 is 0. The molecule has 0 heterocycles. The van der Waals surface area contributed by atoms with Crippen molar-refractivity contribution in [3.63, 3.8) is 0 Å². The molecule has 0 amide bonds. The molecule has 0 rings (SSSR count). The van der Waals surface area contributed by atoms with Gasteiger partial charge in [0.15, 0.2) is 0 Å². The van der Waals surface area contributed by atoms with E-state index in [1.54, 1.807) is 0 Å². The zero-order valence-electron chi connectivity index (χ0n) is 11.5. The maximum Gasteiger partial charge on any atom is 1.00 e. The van der Waals surface area contributed by atoms with Gasteiger partial charge in [-0.1, -0.05) is 57.6 Å². The van der Waals surface area contributed by atoms with Crippen LogP contribution in [0.15, 0.2) is 12.2 Å². The molecule has 0 saturated heterocycles. The molecular formula is C14H25NaO2. The summed E-state index contributed by atoms with van der Waals surface area (Å²) in [6, 6.07) is 0. The van der Waals surface area contributed by atoms with Gasteiger partial charge in [-0.25, -0.2) is 0 Å². The predicted molar refractivity (Wildman–Crippen MR) is 66.0 cm³/mol. The predicted octanol–water partition coefficient (Wildman–Crippen LogP) is 0.217. The molecular weight excluding hydrogens is 223 g/mol. The third-order valence-electron chi connectivity index (χ3n) is 2.66. The summed E-state index contributed by atoms with van der Waals surface area (Å²) in [7, 11) is 0. The van der Waals surface area contributed by atoms with E-state index < -0.39 is 5.97 Å². The molecule has 0 aliphatic carbocycles. The van der Waals surface area contributed by atoms with Crippen molar-refractivity contribution >= 4 is 5.97 Å². The number of carboxylic acid groups (broad SMARTS) is 1. The van der Waals surface area contributed by atoms with Crippen LogP contribution >= 0.6 is 0 Å². The van der Waals surface area contributed by atoms with Gasteiger partial charge in [-0.05, 0) is 25.7 Å². The molecule has 0 radical (unpaired) electrons. The van der Waals surface area contributed by atoms with Crippen LogP contribution in [0.4, 0.5) is 0 Å². The van der Waals surface area contributed by atoms with E-state index in [1.807, 2.05) is 6.08 Å². The zero-order valence-corrected chi connectivity index (χ0v) is 13.5. The maximum absolute atomic E-state index is 10.1. The van der Waals surface area contributed by atoms with Crippen LogP contribution in [0.2, 0.25) is 0 Å². The minimum Gasteiger partial charge on any atom is -0.550 e. The van der Waals surface area contributed by atoms with E-state index in [0.717, 1.165) is 6.42 Å². The fraction of sp³-hybridized carbons (Fsp3) is 0.786. The number of carbonyl (C=O) groups is 1. The first-order chi connectivity index (χ1) is 7.77. The Kier molecular flexibility index (Phi) is 18.6. The normalized spacial score (nSPS) is 10.4. The topological polar surface area (TPSA) is 40.1 Å². The molecule has 0 saturated carbocycles. The molecule has 0 N–H and O–H groups in total. The molecule has 0 aromatic carbocycles. The van der Waals surface area contributed by atoms with Gasteiger partial charge in [0.1, 0.15) is 0 Å². The second-order valence-electron chi connectivity index (χ2n) is 4.29. The summed E-state index contributed by atoms with van der Waals surface area (Å²) in [6.07, 6.45) is 15.2. The van der Waals surface area contributed by atoms with Crippen LogP contribution in [0.1, 0.15) is 71.1 Å². The fourth-order valence-corrected chi connectivity index (χ4v) is 1.66. The van der Waals surface area contributed by atoms with E-state index in [0.29, 0.717) is 6.42 Å². The molecule has 3 heteroatoms. The van der Waals surface area contributed by atoms with Crippen molar-refractivity contribution in [2.45, 2.75) is 71.1 Å². The molecule has 0 fully saturated rings. The first kappa shape index (κ1) is 19.5. The number of rotatable bonds is 11. The molecule has 94 valence electrons. The zero-order chi connectivity index (χ0) is 12.1. The Bertz CT molecular complexity index is 191. The average molecular weight is 248 g/mol. The van der Waals surface area contributed by atoms with Gasteiger partial charge in [0, 0.05) is 5.97 Å². The standard InChI is InChI=1S/C14H26O2.Na/c1-2-3-4-5-6-7-8-9-10-11-12-13-14(15)16;/h10-11H,2-9,12-13H2,1H3,(H,15,16);/q;+1/p-1. The molecule has 0 atom stereocenters. The third-order valence-corrected chi connectivity index (χ3v) is 2.66. The number of carbonyl (C=O) groups excluding carboxylic acids is 1. The van der Waals surface area contributed by atoms with Crippen LogP contribution in [0.25, 0.3) is 0 Å². The van der Waals surface area contributed by atoms with Crippen LogP contribution in [-0.4, -0.2) is 5.97 Å². The van der Waals surface area contributed by atoms with Crippen molar-refractivity contribution in [2.24, 2.45) is 0 Å². The molecule has 0 aromatic rings. The van der Waals surface area contributed by atoms with Crippen LogP contribution < -0.4 is 34.7 Å². The van der Waals surface area contributed by atoms with Gasteiger partial charge >= 0.3 is 29.6 Å². The van der Waals surface area contributed by atoms with Gasteiger partial charge in [0.25, 0.3) is 0 Å². The van der Waals surface area contributed by atoms with Gasteiger partial charge in [0.2, 0.25) is 0 Å². The van der Waals surface area contributed by atoms with Gasteiger partial charge in [-0.2, -0.15) is 0 Å². The Morgan fingerprint density at radius 3 is 2.06 bits per heavy atom. The number of carboxylic acids is 1. The fourth-order valence-electron chi connectivity index (χ4n) is 1.66. The van der Waals surface area contributed by atoms with E-state index in [-0.39, 0.29) is 36.0 Å².